The van der Waals surface area contributed by atoms with Gasteiger partial charge in [-0.2, -0.15) is 0 Å². The van der Waals surface area contributed by atoms with Crippen molar-refractivity contribution in [2.75, 3.05) is 4.90 Å². The normalized spacial score (nSPS) is 11.8. The highest BCUT2D eigenvalue weighted by Crippen LogP contribution is 2.48. The van der Waals surface area contributed by atoms with Crippen LogP contribution in [-0.4, -0.2) is 13.1 Å². The van der Waals surface area contributed by atoms with Crippen LogP contribution in [0.15, 0.2) is 140 Å². The van der Waals surface area contributed by atoms with Crippen molar-refractivity contribution in [3.63, 3.8) is 0 Å². The lowest BCUT2D eigenvalue weighted by Gasteiger charge is -2.29. The molecule has 0 N–H and O–H groups in total. The summed E-state index contributed by atoms with van der Waals surface area (Å²) in [6, 6.07) is 50.2. The number of hydrogen-bond donors (Lipinski definition) is 0. The maximum Gasteiger partial charge on any atom is 0.137 e. The molecular formula is C38H32N2Si. The van der Waals surface area contributed by atoms with E-state index in [0.717, 1.165) is 17.2 Å². The van der Waals surface area contributed by atoms with Crippen LogP contribution in [0.5, 0.6) is 0 Å². The van der Waals surface area contributed by atoms with E-state index in [9.17, 15) is 0 Å². The minimum absolute atomic E-state index is 0.948. The van der Waals surface area contributed by atoms with Crippen molar-refractivity contribution in [3.05, 3.63) is 140 Å². The van der Waals surface area contributed by atoms with E-state index in [2.05, 4.69) is 164 Å². The molecule has 7 rings (SSSR count). The molecular weight excluding hydrogens is 513 g/mol. The largest absolute Gasteiger partial charge is 0.294 e. The van der Waals surface area contributed by atoms with Crippen molar-refractivity contribution in [1.29, 1.82) is 0 Å². The van der Waals surface area contributed by atoms with E-state index in [-0.39, 0.29) is 0 Å². The quantitative estimate of drug-likeness (QED) is 0.158. The Kier molecular flexibility index (Phi) is 6.17. The molecule has 7 aromatic rings. The van der Waals surface area contributed by atoms with Crippen molar-refractivity contribution >= 4 is 62.9 Å². The number of anilines is 3. The smallest absolute Gasteiger partial charge is 0.137 e. The summed E-state index contributed by atoms with van der Waals surface area (Å²) < 4.78 is 0. The highest BCUT2D eigenvalue weighted by Gasteiger charge is 2.25. The van der Waals surface area contributed by atoms with Gasteiger partial charge in [0.25, 0.3) is 0 Å². The maximum absolute atomic E-state index is 5.32. The molecule has 0 aliphatic rings. The van der Waals surface area contributed by atoms with Gasteiger partial charge in [-0.05, 0) is 56.9 Å². The lowest BCUT2D eigenvalue weighted by atomic mass is 9.88. The molecule has 1 heterocycles. The molecule has 0 saturated heterocycles. The van der Waals surface area contributed by atoms with Gasteiger partial charge in [0.2, 0.25) is 0 Å². The third-order valence-corrected chi connectivity index (χ3v) is 9.75. The van der Waals surface area contributed by atoms with Crippen LogP contribution in [-0.2, 0) is 0 Å². The molecule has 0 spiro atoms. The standard InChI is InChI=1S/C38H32N2Si/c1-41(2,3)36-26-14-25-35(39-36)40(28-17-5-4-6-18-28)38-33-22-11-9-20-31(33)37(32-21-10-12-23-34(32)38)30-24-13-16-27-15-7-8-19-29(27)30/h4-26H,1-3H3. The van der Waals surface area contributed by atoms with Crippen LogP contribution in [0.1, 0.15) is 0 Å². The van der Waals surface area contributed by atoms with Gasteiger partial charge in [-0.25, -0.2) is 4.98 Å². The molecule has 1 aromatic heterocycles. The first kappa shape index (κ1) is 25.2. The number of fused-ring (bicyclic) bond motifs is 3. The molecule has 0 aliphatic heterocycles. The first-order chi connectivity index (χ1) is 20.0. The number of nitrogens with zero attached hydrogens (tertiary/aromatic N) is 2. The topological polar surface area (TPSA) is 16.1 Å². The first-order valence-corrected chi connectivity index (χ1v) is 17.7. The summed E-state index contributed by atoms with van der Waals surface area (Å²) in [4.78, 5) is 7.68. The Balaban J connectivity index is 1.62. The molecule has 0 fully saturated rings. The van der Waals surface area contributed by atoms with Crippen molar-refractivity contribution < 1.29 is 0 Å². The summed E-state index contributed by atoms with van der Waals surface area (Å²) in [5.41, 5.74) is 4.79. The minimum atomic E-state index is -1.64. The van der Waals surface area contributed by atoms with Crippen LogP contribution in [0, 0.1) is 0 Å². The second-order valence-electron chi connectivity index (χ2n) is 11.6. The van der Waals surface area contributed by atoms with Crippen LogP contribution in [0.25, 0.3) is 43.4 Å². The molecule has 0 amide bonds. The van der Waals surface area contributed by atoms with Crippen LogP contribution >= 0.6 is 0 Å². The highest BCUT2D eigenvalue weighted by molar-refractivity contribution is 6.88. The predicted molar refractivity (Wildman–Crippen MR) is 180 cm³/mol. The van der Waals surface area contributed by atoms with Gasteiger partial charge in [0.05, 0.1) is 5.69 Å². The van der Waals surface area contributed by atoms with Crippen molar-refractivity contribution in [3.8, 4) is 11.1 Å². The summed E-state index contributed by atoms with van der Waals surface area (Å²) in [6.07, 6.45) is 0. The van der Waals surface area contributed by atoms with Crippen LogP contribution in [0.3, 0.4) is 0 Å². The molecule has 0 bridgehead atoms. The molecule has 41 heavy (non-hydrogen) atoms. The Morgan fingerprint density at radius 1 is 0.488 bits per heavy atom. The number of hydrogen-bond acceptors (Lipinski definition) is 2. The Morgan fingerprint density at radius 3 is 1.68 bits per heavy atom. The molecule has 6 aromatic carbocycles. The van der Waals surface area contributed by atoms with Gasteiger partial charge in [-0.3, -0.25) is 4.90 Å². The molecule has 0 saturated carbocycles. The number of para-hydroxylation sites is 1. The fourth-order valence-corrected chi connectivity index (χ4v) is 7.04. The van der Waals surface area contributed by atoms with Crippen molar-refractivity contribution in [1.82, 2.24) is 4.98 Å². The average molecular weight is 545 g/mol. The molecule has 0 radical (unpaired) electrons. The van der Waals surface area contributed by atoms with Gasteiger partial charge in [0.1, 0.15) is 13.9 Å². The summed E-state index contributed by atoms with van der Waals surface area (Å²) >= 11 is 0. The predicted octanol–water partition coefficient (Wildman–Crippen LogP) is 10.2. The fraction of sp³-hybridized carbons (Fsp3) is 0.0789. The van der Waals surface area contributed by atoms with E-state index >= 15 is 0 Å². The van der Waals surface area contributed by atoms with Gasteiger partial charge in [-0.1, -0.05) is 135 Å². The fourth-order valence-electron chi connectivity index (χ4n) is 6.00. The van der Waals surface area contributed by atoms with E-state index in [4.69, 9.17) is 4.98 Å². The van der Waals surface area contributed by atoms with Gasteiger partial charge < -0.3 is 0 Å². The Hall–Kier alpha value is -4.73. The van der Waals surface area contributed by atoms with E-state index in [1.807, 2.05) is 0 Å². The lowest BCUT2D eigenvalue weighted by molar-refractivity contribution is 1.21. The summed E-state index contributed by atoms with van der Waals surface area (Å²) in [5.74, 6) is 0.948. The molecule has 0 aliphatic carbocycles. The maximum atomic E-state index is 5.32. The first-order valence-electron chi connectivity index (χ1n) is 14.2. The lowest BCUT2D eigenvalue weighted by Crippen LogP contribution is -2.40. The number of benzene rings is 6. The number of aromatic nitrogens is 1. The van der Waals surface area contributed by atoms with Crippen LogP contribution in [0.4, 0.5) is 17.2 Å². The summed E-state index contributed by atoms with van der Waals surface area (Å²) in [7, 11) is -1.64. The summed E-state index contributed by atoms with van der Waals surface area (Å²) in [6.45, 7) is 7.07. The SMILES string of the molecule is C[Si](C)(C)c1cccc(N(c2ccccc2)c2c3ccccc3c(-c3cccc4ccccc34)c3ccccc23)n1. The third-order valence-electron chi connectivity index (χ3n) is 7.93. The molecule has 3 heteroatoms. The summed E-state index contributed by atoms with van der Waals surface area (Å²) in [5, 5.41) is 8.61. The average Bonchev–Trinajstić information content (AvgIpc) is 3.01. The molecule has 0 unspecified atom stereocenters. The zero-order valence-corrected chi connectivity index (χ0v) is 24.7. The van der Waals surface area contributed by atoms with Crippen molar-refractivity contribution in [2.24, 2.45) is 0 Å². The van der Waals surface area contributed by atoms with E-state index in [1.165, 1.54) is 48.8 Å². The van der Waals surface area contributed by atoms with E-state index in [1.54, 1.807) is 0 Å². The van der Waals surface area contributed by atoms with Gasteiger partial charge in [-0.15, -0.1) is 0 Å². The highest BCUT2D eigenvalue weighted by atomic mass is 28.3. The number of pyridine rings is 1. The van der Waals surface area contributed by atoms with E-state index in [0.29, 0.717) is 0 Å². The van der Waals surface area contributed by atoms with Gasteiger partial charge in [0.15, 0.2) is 0 Å². The zero-order chi connectivity index (χ0) is 28.0. The Morgan fingerprint density at radius 2 is 1.02 bits per heavy atom. The van der Waals surface area contributed by atoms with Gasteiger partial charge >= 0.3 is 0 Å². The third kappa shape index (κ3) is 4.39. The van der Waals surface area contributed by atoms with Gasteiger partial charge in [0, 0.05) is 21.8 Å². The van der Waals surface area contributed by atoms with E-state index < -0.39 is 8.07 Å². The monoisotopic (exact) mass is 544 g/mol. The second kappa shape index (κ2) is 10.0. The number of rotatable bonds is 5. The van der Waals surface area contributed by atoms with Crippen LogP contribution in [0.2, 0.25) is 19.6 Å². The molecule has 2 nitrogen and oxygen atoms in total. The zero-order valence-electron chi connectivity index (χ0n) is 23.7. The Labute approximate surface area is 242 Å². The van der Waals surface area contributed by atoms with Crippen molar-refractivity contribution in [2.45, 2.75) is 19.6 Å². The molecule has 0 atom stereocenters. The molecule has 198 valence electrons. The second-order valence-corrected chi connectivity index (χ2v) is 16.7. The Bertz CT molecular complexity index is 1980. The van der Waals surface area contributed by atoms with Crippen LogP contribution < -0.4 is 10.2 Å². The minimum Gasteiger partial charge on any atom is -0.294 e.